The molecule has 5 atom stereocenters. The SMILES string of the molecule is CC(=O)N1CCC[C@H]1C(=O)N1[C@@H]2CC[C@H]1[C@H]1CNC[C@H]12. The summed E-state index contributed by atoms with van der Waals surface area (Å²) in [6.07, 6.45) is 4.13. The van der Waals surface area contributed by atoms with Gasteiger partial charge in [0.15, 0.2) is 0 Å². The van der Waals surface area contributed by atoms with Crippen LogP contribution < -0.4 is 5.32 Å². The number of nitrogens with zero attached hydrogens (tertiary/aromatic N) is 2. The predicted octanol–water partition coefficient (Wildman–Crippen LogP) is 0.206. The van der Waals surface area contributed by atoms with Gasteiger partial charge >= 0.3 is 0 Å². The Morgan fingerprint density at radius 2 is 1.70 bits per heavy atom. The molecule has 4 heterocycles. The third kappa shape index (κ3) is 1.59. The van der Waals surface area contributed by atoms with Crippen molar-refractivity contribution in [3.8, 4) is 0 Å². The van der Waals surface area contributed by atoms with Gasteiger partial charge in [0.25, 0.3) is 0 Å². The Kier molecular flexibility index (Phi) is 2.81. The Labute approximate surface area is 119 Å². The topological polar surface area (TPSA) is 52.7 Å². The lowest BCUT2D eigenvalue weighted by molar-refractivity contribution is -0.144. The van der Waals surface area contributed by atoms with Crippen LogP contribution in [0.15, 0.2) is 0 Å². The van der Waals surface area contributed by atoms with Gasteiger partial charge in [-0.25, -0.2) is 0 Å². The van der Waals surface area contributed by atoms with E-state index in [2.05, 4.69) is 10.2 Å². The van der Waals surface area contributed by atoms with E-state index in [-0.39, 0.29) is 17.9 Å². The van der Waals surface area contributed by atoms with Crippen LogP contribution in [0.3, 0.4) is 0 Å². The van der Waals surface area contributed by atoms with E-state index in [0.29, 0.717) is 23.9 Å². The molecule has 0 aromatic carbocycles. The predicted molar refractivity (Wildman–Crippen MR) is 73.9 cm³/mol. The average Bonchev–Trinajstić information content (AvgIpc) is 3.18. The fourth-order valence-electron chi connectivity index (χ4n) is 5.17. The highest BCUT2D eigenvalue weighted by molar-refractivity contribution is 5.88. The lowest BCUT2D eigenvalue weighted by atomic mass is 9.82. The molecule has 0 aliphatic carbocycles. The van der Waals surface area contributed by atoms with Crippen molar-refractivity contribution in [2.75, 3.05) is 19.6 Å². The number of rotatable bonds is 1. The third-order valence-electron chi connectivity index (χ3n) is 5.97. The molecule has 5 nitrogen and oxygen atoms in total. The lowest BCUT2D eigenvalue weighted by Gasteiger charge is -2.31. The Morgan fingerprint density at radius 1 is 1.05 bits per heavy atom. The van der Waals surface area contributed by atoms with Gasteiger partial charge in [0.05, 0.1) is 0 Å². The second-order valence-corrected chi connectivity index (χ2v) is 6.81. The summed E-state index contributed by atoms with van der Waals surface area (Å²) < 4.78 is 0. The zero-order chi connectivity index (χ0) is 13.9. The zero-order valence-electron chi connectivity index (χ0n) is 12.0. The van der Waals surface area contributed by atoms with E-state index in [1.807, 2.05) is 0 Å². The summed E-state index contributed by atoms with van der Waals surface area (Å²) in [6, 6.07) is 0.686. The summed E-state index contributed by atoms with van der Waals surface area (Å²) in [7, 11) is 0. The van der Waals surface area contributed by atoms with Crippen molar-refractivity contribution >= 4 is 11.8 Å². The normalized spacial score (nSPS) is 42.4. The molecule has 1 N–H and O–H groups in total. The molecule has 110 valence electrons. The summed E-state index contributed by atoms with van der Waals surface area (Å²) in [5.41, 5.74) is 0. The van der Waals surface area contributed by atoms with Crippen LogP contribution in [0.2, 0.25) is 0 Å². The molecule has 4 aliphatic heterocycles. The third-order valence-corrected chi connectivity index (χ3v) is 5.97. The summed E-state index contributed by atoms with van der Waals surface area (Å²) in [4.78, 5) is 28.6. The fraction of sp³-hybridized carbons (Fsp3) is 0.867. The summed E-state index contributed by atoms with van der Waals surface area (Å²) in [5, 5.41) is 3.48. The van der Waals surface area contributed by atoms with Gasteiger partial charge in [-0.1, -0.05) is 0 Å². The highest BCUT2D eigenvalue weighted by Crippen LogP contribution is 2.48. The number of carbonyl (C=O) groups excluding carboxylic acids is 2. The van der Waals surface area contributed by atoms with Crippen molar-refractivity contribution in [2.45, 2.75) is 50.7 Å². The van der Waals surface area contributed by atoms with Gasteiger partial charge in [-0.15, -0.1) is 0 Å². The smallest absolute Gasteiger partial charge is 0.245 e. The molecule has 0 radical (unpaired) electrons. The van der Waals surface area contributed by atoms with Gasteiger partial charge in [-0.2, -0.15) is 0 Å². The van der Waals surface area contributed by atoms with Gasteiger partial charge in [0.1, 0.15) is 6.04 Å². The second-order valence-electron chi connectivity index (χ2n) is 6.81. The molecule has 0 unspecified atom stereocenters. The summed E-state index contributed by atoms with van der Waals surface area (Å²) >= 11 is 0. The highest BCUT2D eigenvalue weighted by atomic mass is 16.2. The van der Waals surface area contributed by atoms with Crippen LogP contribution in [0.25, 0.3) is 0 Å². The molecular formula is C15H23N3O2. The quantitative estimate of drug-likeness (QED) is 0.745. The molecular weight excluding hydrogens is 254 g/mol. The molecule has 4 aliphatic rings. The van der Waals surface area contributed by atoms with Crippen LogP contribution in [0.4, 0.5) is 0 Å². The van der Waals surface area contributed by atoms with Crippen molar-refractivity contribution in [3.63, 3.8) is 0 Å². The first kappa shape index (κ1) is 12.6. The number of amides is 2. The van der Waals surface area contributed by atoms with Crippen molar-refractivity contribution in [1.29, 1.82) is 0 Å². The van der Waals surface area contributed by atoms with Crippen LogP contribution in [0.5, 0.6) is 0 Å². The maximum atomic E-state index is 13.0. The number of likely N-dealkylation sites (tertiary alicyclic amines) is 1. The molecule has 0 aromatic rings. The van der Waals surface area contributed by atoms with Gasteiger partial charge in [0, 0.05) is 38.6 Å². The molecule has 4 rings (SSSR count). The molecule has 2 bridgehead atoms. The number of nitrogens with one attached hydrogen (secondary N) is 1. The number of fused-ring (bicyclic) bond motifs is 5. The maximum absolute atomic E-state index is 13.0. The Morgan fingerprint density at radius 3 is 2.30 bits per heavy atom. The average molecular weight is 277 g/mol. The number of hydrogen-bond acceptors (Lipinski definition) is 3. The molecule has 0 aromatic heterocycles. The molecule has 20 heavy (non-hydrogen) atoms. The van der Waals surface area contributed by atoms with Crippen molar-refractivity contribution in [3.05, 3.63) is 0 Å². The molecule has 0 saturated carbocycles. The van der Waals surface area contributed by atoms with Crippen molar-refractivity contribution in [1.82, 2.24) is 15.1 Å². The van der Waals surface area contributed by atoms with Gasteiger partial charge in [0.2, 0.25) is 11.8 Å². The van der Waals surface area contributed by atoms with E-state index in [4.69, 9.17) is 0 Å². The van der Waals surface area contributed by atoms with Crippen molar-refractivity contribution < 1.29 is 9.59 Å². The zero-order valence-corrected chi connectivity index (χ0v) is 12.0. The number of carbonyl (C=O) groups is 2. The summed E-state index contributed by atoms with van der Waals surface area (Å²) in [6.45, 7) is 4.47. The van der Waals surface area contributed by atoms with Crippen LogP contribution in [-0.4, -0.2) is 59.4 Å². The van der Waals surface area contributed by atoms with Gasteiger partial charge < -0.3 is 15.1 Å². The van der Waals surface area contributed by atoms with E-state index < -0.39 is 0 Å². The van der Waals surface area contributed by atoms with Crippen LogP contribution in [-0.2, 0) is 9.59 Å². The van der Waals surface area contributed by atoms with Gasteiger partial charge in [-0.3, -0.25) is 9.59 Å². The maximum Gasteiger partial charge on any atom is 0.245 e. The van der Waals surface area contributed by atoms with Gasteiger partial charge in [-0.05, 0) is 37.5 Å². The molecule has 5 heteroatoms. The Hall–Kier alpha value is -1.10. The highest BCUT2D eigenvalue weighted by Gasteiger charge is 2.57. The van der Waals surface area contributed by atoms with E-state index in [9.17, 15) is 9.59 Å². The molecule has 4 fully saturated rings. The van der Waals surface area contributed by atoms with E-state index in [1.165, 1.54) is 0 Å². The minimum absolute atomic E-state index is 0.0502. The first-order valence-electron chi connectivity index (χ1n) is 7.98. The monoisotopic (exact) mass is 277 g/mol. The van der Waals surface area contributed by atoms with Crippen LogP contribution in [0, 0.1) is 11.8 Å². The van der Waals surface area contributed by atoms with Crippen LogP contribution >= 0.6 is 0 Å². The Balaban J connectivity index is 1.56. The van der Waals surface area contributed by atoms with E-state index in [0.717, 1.165) is 45.3 Å². The minimum Gasteiger partial charge on any atom is -0.334 e. The molecule has 4 saturated heterocycles. The Bertz CT molecular complexity index is 434. The van der Waals surface area contributed by atoms with E-state index in [1.54, 1.807) is 11.8 Å². The molecule has 0 spiro atoms. The van der Waals surface area contributed by atoms with E-state index >= 15 is 0 Å². The first-order chi connectivity index (χ1) is 9.68. The standard InChI is InChI=1S/C15H23N3O2/c1-9(19)17-6-2-3-14(17)15(20)18-12-4-5-13(18)11-8-16-7-10(11)12/h10-14,16H,2-8H2,1H3/t10-,11+,12-,13+,14-/m0/s1. The lowest BCUT2D eigenvalue weighted by Crippen LogP contribution is -2.50. The minimum atomic E-state index is -0.178. The number of hydrogen-bond donors (Lipinski definition) is 1. The fourth-order valence-corrected chi connectivity index (χ4v) is 5.17. The first-order valence-corrected chi connectivity index (χ1v) is 7.98. The largest absolute Gasteiger partial charge is 0.334 e. The summed E-state index contributed by atoms with van der Waals surface area (Å²) in [5.74, 6) is 1.60. The van der Waals surface area contributed by atoms with Crippen molar-refractivity contribution in [2.24, 2.45) is 11.8 Å². The molecule has 2 amide bonds. The second kappa shape index (κ2) is 4.45. The van der Waals surface area contributed by atoms with Crippen LogP contribution in [0.1, 0.15) is 32.6 Å².